The van der Waals surface area contributed by atoms with Gasteiger partial charge in [-0.3, -0.25) is 4.79 Å². The highest BCUT2D eigenvalue weighted by atomic mass is 35.5. The fourth-order valence-corrected chi connectivity index (χ4v) is 2.85. The molecule has 0 aliphatic carbocycles. The van der Waals surface area contributed by atoms with E-state index < -0.39 is 0 Å². The van der Waals surface area contributed by atoms with E-state index in [0.29, 0.717) is 18.2 Å². The number of piperidine rings is 1. The summed E-state index contributed by atoms with van der Waals surface area (Å²) in [5, 5.41) is 6.29. The van der Waals surface area contributed by atoms with Crippen LogP contribution < -0.4 is 10.6 Å². The van der Waals surface area contributed by atoms with Crippen LogP contribution in [-0.2, 0) is 4.79 Å². The average molecular weight is 360 g/mol. The van der Waals surface area contributed by atoms with Crippen molar-refractivity contribution in [3.63, 3.8) is 0 Å². The highest BCUT2D eigenvalue weighted by Crippen LogP contribution is 2.21. The lowest BCUT2D eigenvalue weighted by Gasteiger charge is -2.22. The third-order valence-corrected chi connectivity index (χ3v) is 4.02. The number of carbonyl (C=O) groups excluding carboxylic acids is 1. The molecule has 1 aliphatic rings. The summed E-state index contributed by atoms with van der Waals surface area (Å²) in [5.74, 6) is 1.39. The summed E-state index contributed by atoms with van der Waals surface area (Å²) in [6.45, 7) is 3.97. The number of anilines is 1. The summed E-state index contributed by atoms with van der Waals surface area (Å²) in [7, 11) is 0. The van der Waals surface area contributed by atoms with Crippen LogP contribution in [0.4, 0.5) is 5.69 Å². The zero-order chi connectivity index (χ0) is 14.7. The number of rotatable bonds is 4. The van der Waals surface area contributed by atoms with Crippen molar-refractivity contribution in [2.24, 2.45) is 5.92 Å². The SMILES string of the molecule is Cc1nc2cc(NC(=O)CCC3CCNCC3)ccc2o1.Cl.Cl. The van der Waals surface area contributed by atoms with Gasteiger partial charge in [-0.05, 0) is 56.5 Å². The molecule has 1 aliphatic heterocycles. The zero-order valence-corrected chi connectivity index (χ0v) is 14.8. The quantitative estimate of drug-likeness (QED) is 0.873. The van der Waals surface area contributed by atoms with E-state index in [2.05, 4.69) is 15.6 Å². The molecule has 128 valence electrons. The average Bonchev–Trinajstić information content (AvgIpc) is 2.85. The van der Waals surface area contributed by atoms with Crippen LogP contribution in [0.15, 0.2) is 22.6 Å². The van der Waals surface area contributed by atoms with E-state index in [-0.39, 0.29) is 30.7 Å². The largest absolute Gasteiger partial charge is 0.441 e. The van der Waals surface area contributed by atoms with Crippen molar-refractivity contribution in [3.8, 4) is 0 Å². The molecule has 1 aromatic carbocycles. The van der Waals surface area contributed by atoms with Gasteiger partial charge in [0.2, 0.25) is 5.91 Å². The lowest BCUT2D eigenvalue weighted by atomic mass is 9.93. The van der Waals surface area contributed by atoms with Gasteiger partial charge < -0.3 is 15.1 Å². The Hall–Kier alpha value is -1.30. The standard InChI is InChI=1S/C16H21N3O2.2ClH/c1-11-18-14-10-13(3-4-15(14)21-11)19-16(20)5-2-12-6-8-17-9-7-12;;/h3-4,10,12,17H,2,5-9H2,1H3,(H,19,20);2*1H. The van der Waals surface area contributed by atoms with Crippen molar-refractivity contribution in [1.82, 2.24) is 10.3 Å². The number of fused-ring (bicyclic) bond motifs is 1. The molecule has 23 heavy (non-hydrogen) atoms. The highest BCUT2D eigenvalue weighted by molar-refractivity contribution is 5.92. The normalized spacial score (nSPS) is 14.8. The molecule has 5 nitrogen and oxygen atoms in total. The Morgan fingerprint density at radius 3 is 2.83 bits per heavy atom. The van der Waals surface area contributed by atoms with Gasteiger partial charge in [-0.25, -0.2) is 4.98 Å². The zero-order valence-electron chi connectivity index (χ0n) is 13.1. The number of oxazole rings is 1. The lowest BCUT2D eigenvalue weighted by Crippen LogP contribution is -2.28. The van der Waals surface area contributed by atoms with Gasteiger partial charge >= 0.3 is 0 Å². The summed E-state index contributed by atoms with van der Waals surface area (Å²) in [6.07, 6.45) is 3.91. The molecule has 3 rings (SSSR count). The maximum absolute atomic E-state index is 12.0. The number of benzene rings is 1. The minimum Gasteiger partial charge on any atom is -0.441 e. The van der Waals surface area contributed by atoms with Crippen molar-refractivity contribution >= 4 is 47.5 Å². The lowest BCUT2D eigenvalue weighted by molar-refractivity contribution is -0.116. The van der Waals surface area contributed by atoms with Crippen LogP contribution in [0, 0.1) is 12.8 Å². The number of halogens is 2. The van der Waals surface area contributed by atoms with Gasteiger partial charge in [0.1, 0.15) is 5.52 Å². The van der Waals surface area contributed by atoms with Gasteiger partial charge in [-0.15, -0.1) is 24.8 Å². The number of nitrogens with zero attached hydrogens (tertiary/aromatic N) is 1. The molecule has 7 heteroatoms. The highest BCUT2D eigenvalue weighted by Gasteiger charge is 2.14. The van der Waals surface area contributed by atoms with Gasteiger partial charge in [-0.2, -0.15) is 0 Å². The summed E-state index contributed by atoms with van der Waals surface area (Å²) < 4.78 is 5.42. The number of carbonyl (C=O) groups is 1. The minimum absolute atomic E-state index is 0. The molecule has 0 unspecified atom stereocenters. The predicted octanol–water partition coefficient (Wildman–Crippen LogP) is 3.70. The number of nitrogens with one attached hydrogen (secondary N) is 2. The number of hydrogen-bond acceptors (Lipinski definition) is 4. The molecular formula is C16H23Cl2N3O2. The fourth-order valence-electron chi connectivity index (χ4n) is 2.85. The third kappa shape index (κ3) is 5.37. The molecule has 0 radical (unpaired) electrons. The van der Waals surface area contributed by atoms with E-state index in [4.69, 9.17) is 4.42 Å². The summed E-state index contributed by atoms with van der Waals surface area (Å²) in [5.41, 5.74) is 2.31. The number of amides is 1. The Morgan fingerprint density at radius 2 is 2.09 bits per heavy atom. The topological polar surface area (TPSA) is 67.2 Å². The van der Waals surface area contributed by atoms with Crippen molar-refractivity contribution in [1.29, 1.82) is 0 Å². The molecule has 0 bridgehead atoms. The molecule has 0 saturated carbocycles. The third-order valence-electron chi connectivity index (χ3n) is 4.02. The van der Waals surface area contributed by atoms with Gasteiger partial charge in [0.05, 0.1) is 0 Å². The molecule has 0 atom stereocenters. The Labute approximate surface area is 148 Å². The number of aryl methyl sites for hydroxylation is 1. The van der Waals surface area contributed by atoms with Gasteiger partial charge in [0.25, 0.3) is 0 Å². The maximum Gasteiger partial charge on any atom is 0.224 e. The number of hydrogen-bond donors (Lipinski definition) is 2. The van der Waals surface area contributed by atoms with Crippen molar-refractivity contribution < 1.29 is 9.21 Å². The first-order valence-corrected chi connectivity index (χ1v) is 7.58. The Balaban J connectivity index is 0.00000132. The van der Waals surface area contributed by atoms with E-state index >= 15 is 0 Å². The second kappa shape index (κ2) is 9.11. The van der Waals surface area contributed by atoms with Gasteiger partial charge in [-0.1, -0.05) is 0 Å². The monoisotopic (exact) mass is 359 g/mol. The minimum atomic E-state index is 0. The van der Waals surface area contributed by atoms with E-state index in [9.17, 15) is 4.79 Å². The molecule has 1 fully saturated rings. The Bertz CT molecular complexity index is 639. The van der Waals surface area contributed by atoms with Crippen LogP contribution in [0.25, 0.3) is 11.1 Å². The molecule has 0 spiro atoms. The second-order valence-corrected chi connectivity index (χ2v) is 5.70. The van der Waals surface area contributed by atoms with Crippen LogP contribution in [0.5, 0.6) is 0 Å². The van der Waals surface area contributed by atoms with E-state index in [1.807, 2.05) is 25.1 Å². The van der Waals surface area contributed by atoms with E-state index in [1.54, 1.807) is 0 Å². The van der Waals surface area contributed by atoms with Crippen LogP contribution in [0.3, 0.4) is 0 Å². The molecule has 1 saturated heterocycles. The number of aromatic nitrogens is 1. The molecule has 1 aromatic heterocycles. The molecular weight excluding hydrogens is 337 g/mol. The summed E-state index contributed by atoms with van der Waals surface area (Å²) in [4.78, 5) is 16.3. The van der Waals surface area contributed by atoms with E-state index in [0.717, 1.165) is 36.3 Å². The molecule has 2 N–H and O–H groups in total. The van der Waals surface area contributed by atoms with Crippen LogP contribution in [0.1, 0.15) is 31.6 Å². The van der Waals surface area contributed by atoms with Crippen molar-refractivity contribution in [3.05, 3.63) is 24.1 Å². The summed E-state index contributed by atoms with van der Waals surface area (Å²) >= 11 is 0. The predicted molar refractivity (Wildman–Crippen MR) is 96.7 cm³/mol. The van der Waals surface area contributed by atoms with Gasteiger partial charge in [0.15, 0.2) is 11.5 Å². The first-order valence-electron chi connectivity index (χ1n) is 7.58. The van der Waals surface area contributed by atoms with E-state index in [1.165, 1.54) is 12.8 Å². The molecule has 1 amide bonds. The fraction of sp³-hybridized carbons (Fsp3) is 0.500. The maximum atomic E-state index is 12.0. The van der Waals surface area contributed by atoms with Gasteiger partial charge in [0, 0.05) is 19.0 Å². The first-order chi connectivity index (χ1) is 10.2. The molecule has 2 aromatic rings. The van der Waals surface area contributed by atoms with Crippen LogP contribution in [0.2, 0.25) is 0 Å². The van der Waals surface area contributed by atoms with Crippen LogP contribution in [-0.4, -0.2) is 24.0 Å². The van der Waals surface area contributed by atoms with Crippen molar-refractivity contribution in [2.75, 3.05) is 18.4 Å². The Kier molecular flexibility index (Phi) is 7.82. The smallest absolute Gasteiger partial charge is 0.224 e. The second-order valence-electron chi connectivity index (χ2n) is 5.70. The summed E-state index contributed by atoms with van der Waals surface area (Å²) in [6, 6.07) is 5.56. The molecule has 2 heterocycles. The van der Waals surface area contributed by atoms with Crippen LogP contribution >= 0.6 is 24.8 Å². The first kappa shape index (κ1) is 19.7. The van der Waals surface area contributed by atoms with Crippen molar-refractivity contribution in [2.45, 2.75) is 32.6 Å². The Morgan fingerprint density at radius 1 is 1.35 bits per heavy atom.